The fourth-order valence-electron chi connectivity index (χ4n) is 3.86. The van der Waals surface area contributed by atoms with Crippen LogP contribution in [0.1, 0.15) is 23.1 Å². The maximum atomic E-state index is 12.4. The van der Waals surface area contributed by atoms with Gasteiger partial charge in [-0.2, -0.15) is 0 Å². The van der Waals surface area contributed by atoms with Crippen molar-refractivity contribution in [3.63, 3.8) is 0 Å². The molecule has 1 aliphatic heterocycles. The Labute approximate surface area is 180 Å². The molecule has 0 aliphatic carbocycles. The summed E-state index contributed by atoms with van der Waals surface area (Å²) in [6, 6.07) is 13.3. The van der Waals surface area contributed by atoms with Crippen molar-refractivity contribution < 1.29 is 13.2 Å². The summed E-state index contributed by atoms with van der Waals surface area (Å²) in [6.45, 7) is 3.89. The van der Waals surface area contributed by atoms with E-state index in [1.54, 1.807) is 0 Å². The minimum absolute atomic E-state index is 0.0958. The first kappa shape index (κ1) is 20.6. The molecule has 0 bridgehead atoms. The Bertz CT molecular complexity index is 1220. The topological polar surface area (TPSA) is 79.4 Å². The second kappa shape index (κ2) is 7.85. The number of fused-ring (bicyclic) bond motifs is 1. The number of hydrogen-bond acceptors (Lipinski definition) is 5. The first-order valence-electron chi connectivity index (χ1n) is 9.64. The molecule has 0 saturated heterocycles. The summed E-state index contributed by atoms with van der Waals surface area (Å²) in [5, 5.41) is 5.58. The van der Waals surface area contributed by atoms with E-state index in [9.17, 15) is 13.2 Å². The summed E-state index contributed by atoms with van der Waals surface area (Å²) in [7, 11) is -3.31. The zero-order valence-electron chi connectivity index (χ0n) is 17.0. The van der Waals surface area contributed by atoms with Gasteiger partial charge in [-0.15, -0.1) is 11.3 Å². The highest BCUT2D eigenvalue weighted by molar-refractivity contribution is 7.92. The Morgan fingerprint density at radius 2 is 2.07 bits per heavy atom. The molecule has 2 heterocycles. The van der Waals surface area contributed by atoms with Crippen molar-refractivity contribution >= 4 is 38.6 Å². The lowest BCUT2D eigenvalue weighted by atomic mass is 10.1. The molecule has 8 heteroatoms. The standard InChI is InChI=1S/C22H23N3O3S2/c1-14-5-4-6-18(9-14)23-21(26)12-22-24-19(13-29-22)16-7-8-20-17(11-16)10-15(2)25(20)30(3,27)28/h4-9,11,13,15H,10,12H2,1-3H3,(H,23,26)/t15-/m1/s1. The number of hydrogen-bond donors (Lipinski definition) is 1. The van der Waals surface area contributed by atoms with Crippen molar-refractivity contribution in [1.82, 2.24) is 4.98 Å². The normalized spacial score (nSPS) is 15.8. The zero-order valence-corrected chi connectivity index (χ0v) is 18.7. The first-order valence-corrected chi connectivity index (χ1v) is 12.4. The van der Waals surface area contributed by atoms with Crippen LogP contribution >= 0.6 is 11.3 Å². The maximum absolute atomic E-state index is 12.4. The number of amides is 1. The zero-order chi connectivity index (χ0) is 21.5. The van der Waals surface area contributed by atoms with Crippen molar-refractivity contribution in [3.8, 4) is 11.3 Å². The van der Waals surface area contributed by atoms with Crippen molar-refractivity contribution in [3.05, 3.63) is 64.0 Å². The number of nitrogens with one attached hydrogen (secondary N) is 1. The average molecular weight is 442 g/mol. The van der Waals surface area contributed by atoms with E-state index in [-0.39, 0.29) is 18.4 Å². The van der Waals surface area contributed by atoms with Gasteiger partial charge in [0.1, 0.15) is 5.01 Å². The average Bonchev–Trinajstić information content (AvgIpc) is 3.23. The summed E-state index contributed by atoms with van der Waals surface area (Å²) in [6.07, 6.45) is 2.12. The van der Waals surface area contributed by atoms with Crippen LogP contribution in [0.3, 0.4) is 0 Å². The fraction of sp³-hybridized carbons (Fsp3) is 0.273. The molecule has 6 nitrogen and oxygen atoms in total. The van der Waals surface area contributed by atoms with Gasteiger partial charge in [0.15, 0.2) is 0 Å². The fourth-order valence-corrected chi connectivity index (χ4v) is 5.92. The van der Waals surface area contributed by atoms with E-state index in [4.69, 9.17) is 0 Å². The third-order valence-corrected chi connectivity index (χ3v) is 7.17. The Kier molecular flexibility index (Phi) is 5.38. The highest BCUT2D eigenvalue weighted by atomic mass is 32.2. The minimum atomic E-state index is -3.31. The SMILES string of the molecule is Cc1cccc(NC(=O)Cc2nc(-c3ccc4c(c3)C[C@@H](C)N4S(C)(=O)=O)cs2)c1. The van der Waals surface area contributed by atoms with Gasteiger partial charge >= 0.3 is 0 Å². The molecule has 0 fully saturated rings. The molecule has 156 valence electrons. The van der Waals surface area contributed by atoms with Crippen LogP contribution in [-0.4, -0.2) is 31.6 Å². The van der Waals surface area contributed by atoms with Gasteiger partial charge in [-0.25, -0.2) is 13.4 Å². The maximum Gasteiger partial charge on any atom is 0.232 e. The Hall–Kier alpha value is -2.71. The number of carbonyl (C=O) groups excluding carboxylic acids is 1. The van der Waals surface area contributed by atoms with Gasteiger partial charge in [-0.05, 0) is 55.7 Å². The molecule has 4 rings (SSSR count). The van der Waals surface area contributed by atoms with Crippen molar-refractivity contribution in [2.75, 3.05) is 15.9 Å². The third kappa shape index (κ3) is 4.24. The van der Waals surface area contributed by atoms with Gasteiger partial charge in [0.2, 0.25) is 15.9 Å². The highest BCUT2D eigenvalue weighted by Crippen LogP contribution is 2.37. The van der Waals surface area contributed by atoms with Crippen molar-refractivity contribution in [2.45, 2.75) is 32.7 Å². The highest BCUT2D eigenvalue weighted by Gasteiger charge is 2.32. The van der Waals surface area contributed by atoms with Gasteiger partial charge in [0.05, 0.1) is 24.1 Å². The van der Waals surface area contributed by atoms with E-state index in [1.165, 1.54) is 21.9 Å². The second-order valence-electron chi connectivity index (χ2n) is 7.68. The summed E-state index contributed by atoms with van der Waals surface area (Å²) < 4.78 is 25.7. The van der Waals surface area contributed by atoms with Crippen LogP contribution in [0, 0.1) is 6.92 Å². The van der Waals surface area contributed by atoms with E-state index in [0.29, 0.717) is 6.42 Å². The van der Waals surface area contributed by atoms with Crippen LogP contribution in [-0.2, 0) is 27.7 Å². The summed E-state index contributed by atoms with van der Waals surface area (Å²) in [4.78, 5) is 17.0. The molecule has 1 amide bonds. The van der Waals surface area contributed by atoms with Gasteiger partial charge in [0, 0.05) is 22.7 Å². The molecule has 3 aromatic rings. The number of nitrogens with zero attached hydrogens (tertiary/aromatic N) is 2. The number of rotatable bonds is 5. The second-order valence-corrected chi connectivity index (χ2v) is 10.5. The molecule has 0 spiro atoms. The predicted octanol–water partition coefficient (Wildman–Crippen LogP) is 4.01. The van der Waals surface area contributed by atoms with Gasteiger partial charge < -0.3 is 5.32 Å². The van der Waals surface area contributed by atoms with Crippen LogP contribution in [0.15, 0.2) is 47.8 Å². The van der Waals surface area contributed by atoms with Crippen molar-refractivity contribution in [2.24, 2.45) is 0 Å². The molecule has 1 N–H and O–H groups in total. The molecule has 30 heavy (non-hydrogen) atoms. The number of thiazole rings is 1. The largest absolute Gasteiger partial charge is 0.326 e. The Balaban J connectivity index is 1.50. The summed E-state index contributed by atoms with van der Waals surface area (Å²) in [5.41, 5.74) is 5.33. The van der Waals surface area contributed by atoms with Crippen LogP contribution in [0.2, 0.25) is 0 Å². The quantitative estimate of drug-likeness (QED) is 0.649. The van der Waals surface area contributed by atoms with E-state index < -0.39 is 10.0 Å². The number of carbonyl (C=O) groups is 1. The molecule has 0 unspecified atom stereocenters. The molecule has 1 atom stereocenters. The van der Waals surface area contributed by atoms with E-state index in [1.807, 2.05) is 61.7 Å². The van der Waals surface area contributed by atoms with E-state index >= 15 is 0 Å². The van der Waals surface area contributed by atoms with Gasteiger partial charge in [-0.1, -0.05) is 18.2 Å². The lowest BCUT2D eigenvalue weighted by Crippen LogP contribution is -2.34. The number of sulfonamides is 1. The van der Waals surface area contributed by atoms with Crippen molar-refractivity contribution in [1.29, 1.82) is 0 Å². The Morgan fingerprint density at radius 1 is 1.27 bits per heavy atom. The van der Waals surface area contributed by atoms with Crippen LogP contribution in [0.25, 0.3) is 11.3 Å². The predicted molar refractivity (Wildman–Crippen MR) is 122 cm³/mol. The lowest BCUT2D eigenvalue weighted by Gasteiger charge is -2.21. The molecular weight excluding hydrogens is 418 g/mol. The minimum Gasteiger partial charge on any atom is -0.326 e. The molecule has 0 saturated carbocycles. The van der Waals surface area contributed by atoms with Gasteiger partial charge in [0.25, 0.3) is 0 Å². The molecule has 2 aromatic carbocycles. The Morgan fingerprint density at radius 3 is 2.80 bits per heavy atom. The van der Waals surface area contributed by atoms with E-state index in [2.05, 4.69) is 10.3 Å². The number of anilines is 2. The van der Waals surface area contributed by atoms with Gasteiger partial charge in [-0.3, -0.25) is 9.10 Å². The van der Waals surface area contributed by atoms with Crippen LogP contribution in [0.5, 0.6) is 0 Å². The first-order chi connectivity index (χ1) is 14.2. The number of benzene rings is 2. The smallest absolute Gasteiger partial charge is 0.232 e. The third-order valence-electron chi connectivity index (χ3n) is 5.05. The summed E-state index contributed by atoms with van der Waals surface area (Å²) in [5.74, 6) is -0.104. The molecule has 0 radical (unpaired) electrons. The monoisotopic (exact) mass is 441 g/mol. The number of aromatic nitrogens is 1. The van der Waals surface area contributed by atoms with E-state index in [0.717, 1.165) is 38.8 Å². The summed E-state index contributed by atoms with van der Waals surface area (Å²) >= 11 is 1.45. The lowest BCUT2D eigenvalue weighted by molar-refractivity contribution is -0.115. The molecular formula is C22H23N3O3S2. The molecule has 1 aromatic heterocycles. The number of aryl methyl sites for hydroxylation is 1. The van der Waals surface area contributed by atoms with Crippen LogP contribution < -0.4 is 9.62 Å². The molecule has 1 aliphatic rings. The van der Waals surface area contributed by atoms with Crippen LogP contribution in [0.4, 0.5) is 11.4 Å².